The van der Waals surface area contributed by atoms with Crippen LogP contribution in [0.3, 0.4) is 0 Å². The maximum Gasteiger partial charge on any atom is 0.192 e. The molecule has 2 aliphatic rings. The number of rotatable bonds is 9. The van der Waals surface area contributed by atoms with E-state index in [1.54, 1.807) is 11.8 Å². The molecule has 196 valence electrons. The first-order chi connectivity index (χ1) is 16.3. The largest absolute Gasteiger partial charge is 0.414 e. The Morgan fingerprint density at radius 3 is 2.57 bits per heavy atom. The predicted octanol–water partition coefficient (Wildman–Crippen LogP) is 5.25. The molecule has 1 saturated carbocycles. The zero-order chi connectivity index (χ0) is 25.6. The summed E-state index contributed by atoms with van der Waals surface area (Å²) in [7, 11) is -1.83. The second-order valence-corrected chi connectivity index (χ2v) is 17.5. The topological polar surface area (TPSA) is 93.4 Å². The first kappa shape index (κ1) is 27.2. The molecule has 0 aromatic carbocycles. The molecule has 0 N–H and O–H groups in total. The Hall–Kier alpha value is -0.823. The fourth-order valence-corrected chi connectivity index (χ4v) is 6.26. The molecule has 12 heteroatoms. The smallest absolute Gasteiger partial charge is 0.192 e. The van der Waals surface area contributed by atoms with Crippen LogP contribution in [0.2, 0.25) is 23.3 Å². The second kappa shape index (κ2) is 10.1. The van der Waals surface area contributed by atoms with Gasteiger partial charge in [-0.05, 0) is 38.4 Å². The van der Waals surface area contributed by atoms with Gasteiger partial charge in [0.15, 0.2) is 35.6 Å². The summed E-state index contributed by atoms with van der Waals surface area (Å²) < 4.78 is 27.0. The van der Waals surface area contributed by atoms with Crippen molar-refractivity contribution in [3.8, 4) is 0 Å². The highest BCUT2D eigenvalue weighted by Crippen LogP contribution is 2.45. The summed E-state index contributed by atoms with van der Waals surface area (Å²) in [5.41, 5.74) is 1.11. The van der Waals surface area contributed by atoms with Crippen LogP contribution in [0.4, 0.5) is 0 Å². The minimum atomic E-state index is -1.83. The van der Waals surface area contributed by atoms with Gasteiger partial charge in [0.1, 0.15) is 12.2 Å². The van der Waals surface area contributed by atoms with Crippen molar-refractivity contribution in [2.24, 2.45) is 0 Å². The molecule has 0 radical (unpaired) electrons. The van der Waals surface area contributed by atoms with Gasteiger partial charge in [-0.2, -0.15) is 0 Å². The monoisotopic (exact) mass is 543 g/mol. The lowest BCUT2D eigenvalue weighted by atomic mass is 10.2. The molecule has 3 heterocycles. The molecule has 35 heavy (non-hydrogen) atoms. The van der Waals surface area contributed by atoms with Crippen LogP contribution in [0.1, 0.15) is 60.4 Å². The molecule has 2 fully saturated rings. The Labute approximate surface area is 218 Å². The highest BCUT2D eigenvalue weighted by Gasteiger charge is 2.56. The lowest BCUT2D eigenvalue weighted by Gasteiger charge is -2.36. The van der Waals surface area contributed by atoms with E-state index in [1.807, 2.05) is 18.5 Å². The Morgan fingerprint density at radius 1 is 1.17 bits per heavy atom. The molecule has 2 aromatic heterocycles. The van der Waals surface area contributed by atoms with E-state index in [2.05, 4.69) is 56.1 Å². The van der Waals surface area contributed by atoms with Gasteiger partial charge in [-0.25, -0.2) is 14.6 Å². The third-order valence-electron chi connectivity index (χ3n) is 7.08. The van der Waals surface area contributed by atoms with E-state index in [9.17, 15) is 0 Å². The number of aromatic nitrogens is 5. The van der Waals surface area contributed by atoms with Crippen molar-refractivity contribution in [3.05, 3.63) is 5.15 Å². The normalized spacial score (nSPS) is 26.5. The molecule has 1 aliphatic carbocycles. The number of thioether (sulfide) groups is 1. The SMILES string of the molecule is CCCSc1nc(Cl)c2nnn(C3CC(OCCO[Si](C)(C)C(C)(C)C)C4OC(C)(C)OC43)c2n1. The van der Waals surface area contributed by atoms with Crippen LogP contribution in [0.5, 0.6) is 0 Å². The van der Waals surface area contributed by atoms with E-state index in [0.29, 0.717) is 41.1 Å². The van der Waals surface area contributed by atoms with Crippen molar-refractivity contribution >= 4 is 42.8 Å². The lowest BCUT2D eigenvalue weighted by molar-refractivity contribution is -0.170. The summed E-state index contributed by atoms with van der Waals surface area (Å²) in [6.07, 6.45) is 1.09. The van der Waals surface area contributed by atoms with E-state index in [-0.39, 0.29) is 29.4 Å². The van der Waals surface area contributed by atoms with Crippen molar-refractivity contribution in [3.63, 3.8) is 0 Å². The molecule has 0 amide bonds. The van der Waals surface area contributed by atoms with E-state index in [1.165, 1.54) is 0 Å². The zero-order valence-electron chi connectivity index (χ0n) is 22.0. The number of halogens is 1. The van der Waals surface area contributed by atoms with Crippen LogP contribution in [0.15, 0.2) is 5.16 Å². The minimum Gasteiger partial charge on any atom is -0.414 e. The summed E-state index contributed by atoms with van der Waals surface area (Å²) in [4.78, 5) is 9.11. The van der Waals surface area contributed by atoms with Crippen LogP contribution < -0.4 is 0 Å². The van der Waals surface area contributed by atoms with E-state index in [4.69, 9.17) is 35.2 Å². The quantitative estimate of drug-likeness (QED) is 0.138. The van der Waals surface area contributed by atoms with Crippen molar-refractivity contribution in [2.75, 3.05) is 19.0 Å². The van der Waals surface area contributed by atoms with Crippen molar-refractivity contribution in [1.82, 2.24) is 25.0 Å². The van der Waals surface area contributed by atoms with Gasteiger partial charge in [0, 0.05) is 12.2 Å². The van der Waals surface area contributed by atoms with Crippen molar-refractivity contribution in [1.29, 1.82) is 0 Å². The van der Waals surface area contributed by atoms with Gasteiger partial charge in [-0.1, -0.05) is 56.3 Å². The third kappa shape index (κ3) is 5.71. The van der Waals surface area contributed by atoms with Crippen LogP contribution in [0.25, 0.3) is 11.2 Å². The standard InChI is InChI=1S/C23H38ClN5O4SSi/c1-9-12-34-21-25-19(24)16-20(26-21)29(28-27-16)14-13-15(18-17(14)32-23(5,6)33-18)30-10-11-31-35(7,8)22(2,3)4/h14-15,17-18H,9-13H2,1-8H3. The molecule has 9 nitrogen and oxygen atoms in total. The first-order valence-electron chi connectivity index (χ1n) is 12.4. The Kier molecular flexibility index (Phi) is 7.89. The molecule has 4 rings (SSSR count). The number of hydrogen-bond acceptors (Lipinski definition) is 9. The van der Waals surface area contributed by atoms with Gasteiger partial charge in [-0.3, -0.25) is 0 Å². The van der Waals surface area contributed by atoms with Gasteiger partial charge in [0.25, 0.3) is 0 Å². The summed E-state index contributed by atoms with van der Waals surface area (Å²) >= 11 is 8.00. The molecule has 4 unspecified atom stereocenters. The van der Waals surface area contributed by atoms with Crippen LogP contribution in [-0.4, -0.2) is 76.3 Å². The zero-order valence-corrected chi connectivity index (χ0v) is 24.6. The Balaban J connectivity index is 1.52. The number of fused-ring (bicyclic) bond motifs is 2. The number of nitrogens with zero attached hydrogens (tertiary/aromatic N) is 5. The summed E-state index contributed by atoms with van der Waals surface area (Å²) in [5, 5.41) is 9.80. The molecule has 1 aliphatic heterocycles. The lowest BCUT2D eigenvalue weighted by Crippen LogP contribution is -2.42. The van der Waals surface area contributed by atoms with E-state index < -0.39 is 14.1 Å². The highest BCUT2D eigenvalue weighted by molar-refractivity contribution is 7.99. The van der Waals surface area contributed by atoms with Crippen LogP contribution in [-0.2, 0) is 18.6 Å². The predicted molar refractivity (Wildman–Crippen MR) is 140 cm³/mol. The molecule has 1 saturated heterocycles. The van der Waals surface area contributed by atoms with Crippen molar-refractivity contribution < 1.29 is 18.6 Å². The molecule has 2 aromatic rings. The summed E-state index contributed by atoms with van der Waals surface area (Å²) in [6.45, 7) is 18.3. The average molecular weight is 544 g/mol. The fourth-order valence-electron chi connectivity index (χ4n) is 4.28. The van der Waals surface area contributed by atoms with Crippen molar-refractivity contribution in [2.45, 2.75) is 108 Å². The minimum absolute atomic E-state index is 0.145. The average Bonchev–Trinajstić information content (AvgIpc) is 3.40. The maximum atomic E-state index is 6.43. The van der Waals surface area contributed by atoms with Gasteiger partial charge in [0.05, 0.1) is 25.4 Å². The van der Waals surface area contributed by atoms with E-state index >= 15 is 0 Å². The first-order valence-corrected chi connectivity index (χ1v) is 16.6. The molecule has 0 spiro atoms. The summed E-state index contributed by atoms with van der Waals surface area (Å²) in [5.74, 6) is 0.202. The number of hydrogen-bond donors (Lipinski definition) is 0. The third-order valence-corrected chi connectivity index (χ3v) is 12.9. The van der Waals surface area contributed by atoms with Gasteiger partial charge in [0.2, 0.25) is 0 Å². The Morgan fingerprint density at radius 2 is 1.89 bits per heavy atom. The molecular formula is C23H38ClN5O4SSi. The number of ether oxygens (including phenoxy) is 3. The molecular weight excluding hydrogens is 506 g/mol. The maximum absolute atomic E-state index is 6.43. The Bertz CT molecular complexity index is 1050. The van der Waals surface area contributed by atoms with Crippen LogP contribution in [0, 0.1) is 0 Å². The molecule has 0 bridgehead atoms. The van der Waals surface area contributed by atoms with Gasteiger partial charge >= 0.3 is 0 Å². The van der Waals surface area contributed by atoms with Crippen LogP contribution >= 0.6 is 23.4 Å². The molecule has 4 atom stereocenters. The highest BCUT2D eigenvalue weighted by atomic mass is 35.5. The summed E-state index contributed by atoms with van der Waals surface area (Å²) in [6, 6.07) is -0.145. The van der Waals surface area contributed by atoms with Gasteiger partial charge in [-0.15, -0.1) is 5.10 Å². The second-order valence-electron chi connectivity index (χ2n) is 11.2. The van der Waals surface area contributed by atoms with E-state index in [0.717, 1.165) is 12.2 Å². The fraction of sp³-hybridized carbons (Fsp3) is 0.826. The van der Waals surface area contributed by atoms with Gasteiger partial charge < -0.3 is 18.6 Å².